The van der Waals surface area contributed by atoms with E-state index in [0.29, 0.717) is 6.54 Å². The van der Waals surface area contributed by atoms with Gasteiger partial charge in [0.05, 0.1) is 6.61 Å². The lowest BCUT2D eigenvalue weighted by atomic mass is 10.1. The molecule has 0 heterocycles. The van der Waals surface area contributed by atoms with Crippen molar-refractivity contribution in [2.24, 2.45) is 0 Å². The zero-order chi connectivity index (χ0) is 12.1. The number of hydrogen-bond donors (Lipinski definition) is 2. The average Bonchev–Trinajstić information content (AvgIpc) is 2.25. The molecule has 1 unspecified atom stereocenters. The summed E-state index contributed by atoms with van der Waals surface area (Å²) in [5.74, 6) is -0.234. The second-order valence-electron chi connectivity index (χ2n) is 4.00. The van der Waals surface area contributed by atoms with Gasteiger partial charge in [0.15, 0.2) is 0 Å². The Morgan fingerprint density at radius 3 is 2.69 bits per heavy atom. The van der Waals surface area contributed by atoms with Crippen LogP contribution < -0.4 is 10.2 Å². The third-order valence-electron chi connectivity index (χ3n) is 2.50. The van der Waals surface area contributed by atoms with E-state index in [4.69, 9.17) is 5.11 Å². The van der Waals surface area contributed by atoms with Crippen LogP contribution in [0.2, 0.25) is 0 Å². The smallest absolute Gasteiger partial charge is 0.125 e. The van der Waals surface area contributed by atoms with Gasteiger partial charge in [-0.25, -0.2) is 4.39 Å². The molecular weight excluding hydrogens is 207 g/mol. The van der Waals surface area contributed by atoms with E-state index >= 15 is 0 Å². The summed E-state index contributed by atoms with van der Waals surface area (Å²) in [6.07, 6.45) is 0. The number of benzene rings is 1. The Bertz CT molecular complexity index is 342. The lowest BCUT2D eigenvalue weighted by molar-refractivity contribution is 0.286. The summed E-state index contributed by atoms with van der Waals surface area (Å²) in [5, 5.41) is 11.9. The quantitative estimate of drug-likeness (QED) is 0.799. The Morgan fingerprint density at radius 1 is 1.44 bits per heavy atom. The van der Waals surface area contributed by atoms with Crippen molar-refractivity contribution in [3.63, 3.8) is 0 Å². The second kappa shape index (κ2) is 5.82. The van der Waals surface area contributed by atoms with E-state index in [-0.39, 0.29) is 18.5 Å². The van der Waals surface area contributed by atoms with Gasteiger partial charge in [-0.2, -0.15) is 0 Å². The van der Waals surface area contributed by atoms with Gasteiger partial charge in [-0.05, 0) is 24.6 Å². The summed E-state index contributed by atoms with van der Waals surface area (Å²) in [5.41, 5.74) is 1.89. The zero-order valence-corrected chi connectivity index (χ0v) is 10.00. The fourth-order valence-corrected chi connectivity index (χ4v) is 1.66. The van der Waals surface area contributed by atoms with Crippen molar-refractivity contribution in [2.75, 3.05) is 32.1 Å². The van der Waals surface area contributed by atoms with Crippen molar-refractivity contribution in [3.8, 4) is 0 Å². The third-order valence-corrected chi connectivity index (χ3v) is 2.50. The molecule has 1 atom stereocenters. The van der Waals surface area contributed by atoms with Gasteiger partial charge >= 0.3 is 0 Å². The van der Waals surface area contributed by atoms with Crippen LogP contribution in [0.5, 0.6) is 0 Å². The van der Waals surface area contributed by atoms with Crippen molar-refractivity contribution in [1.29, 1.82) is 0 Å². The van der Waals surface area contributed by atoms with E-state index in [1.807, 2.05) is 25.9 Å². The predicted molar refractivity (Wildman–Crippen MR) is 64.2 cm³/mol. The van der Waals surface area contributed by atoms with Crippen LogP contribution in [0.15, 0.2) is 18.2 Å². The molecule has 1 rings (SSSR count). The van der Waals surface area contributed by atoms with Crippen LogP contribution in [-0.4, -0.2) is 32.4 Å². The minimum Gasteiger partial charge on any atom is -0.395 e. The molecule has 0 spiro atoms. The van der Waals surface area contributed by atoms with Crippen LogP contribution in [0.3, 0.4) is 0 Å². The van der Waals surface area contributed by atoms with Crippen molar-refractivity contribution >= 4 is 5.69 Å². The number of nitrogens with zero attached hydrogens (tertiary/aromatic N) is 1. The fourth-order valence-electron chi connectivity index (χ4n) is 1.66. The molecule has 0 aliphatic rings. The standard InChI is InChI=1S/C12H19FN2O/c1-9(14-6-7-16)11-5-4-10(13)8-12(11)15(2)3/h4-5,8-9,14,16H,6-7H2,1-3H3. The first-order chi connectivity index (χ1) is 7.56. The number of rotatable bonds is 5. The van der Waals surface area contributed by atoms with Crippen molar-refractivity contribution in [2.45, 2.75) is 13.0 Å². The molecule has 4 heteroatoms. The summed E-state index contributed by atoms with van der Waals surface area (Å²) in [4.78, 5) is 1.88. The molecule has 0 aliphatic heterocycles. The van der Waals surface area contributed by atoms with Gasteiger partial charge in [-0.1, -0.05) is 6.07 Å². The lowest BCUT2D eigenvalue weighted by Gasteiger charge is -2.22. The van der Waals surface area contributed by atoms with E-state index in [0.717, 1.165) is 11.3 Å². The molecule has 0 fully saturated rings. The summed E-state index contributed by atoms with van der Waals surface area (Å²) >= 11 is 0. The van der Waals surface area contributed by atoms with E-state index in [2.05, 4.69) is 5.32 Å². The van der Waals surface area contributed by atoms with Crippen LogP contribution >= 0.6 is 0 Å². The first-order valence-corrected chi connectivity index (χ1v) is 5.37. The van der Waals surface area contributed by atoms with Crippen LogP contribution in [0, 0.1) is 5.82 Å². The highest BCUT2D eigenvalue weighted by atomic mass is 19.1. The van der Waals surface area contributed by atoms with Crippen LogP contribution in [-0.2, 0) is 0 Å². The van der Waals surface area contributed by atoms with Gasteiger partial charge in [0, 0.05) is 32.4 Å². The minimum absolute atomic E-state index is 0.0881. The predicted octanol–water partition coefficient (Wildman–Crippen LogP) is 1.53. The maximum atomic E-state index is 13.1. The highest BCUT2D eigenvalue weighted by Crippen LogP contribution is 2.25. The summed E-state index contributed by atoms with van der Waals surface area (Å²) in [7, 11) is 3.77. The van der Waals surface area contributed by atoms with E-state index in [9.17, 15) is 4.39 Å². The molecule has 1 aromatic carbocycles. The Balaban J connectivity index is 2.93. The SMILES string of the molecule is CC(NCCO)c1ccc(F)cc1N(C)C. The minimum atomic E-state index is -0.234. The Morgan fingerprint density at radius 2 is 2.12 bits per heavy atom. The molecule has 0 aliphatic carbocycles. The molecule has 0 bridgehead atoms. The number of anilines is 1. The Kier molecular flexibility index (Phi) is 4.71. The normalized spacial score (nSPS) is 12.6. The van der Waals surface area contributed by atoms with Crippen molar-refractivity contribution < 1.29 is 9.50 Å². The number of hydrogen-bond acceptors (Lipinski definition) is 3. The first kappa shape index (κ1) is 12.9. The van der Waals surface area contributed by atoms with E-state index in [1.165, 1.54) is 12.1 Å². The summed E-state index contributed by atoms with van der Waals surface area (Å²) in [6.45, 7) is 2.63. The Hall–Kier alpha value is -1.13. The highest BCUT2D eigenvalue weighted by Gasteiger charge is 2.12. The topological polar surface area (TPSA) is 35.5 Å². The number of nitrogens with one attached hydrogen (secondary N) is 1. The largest absolute Gasteiger partial charge is 0.395 e. The van der Waals surface area contributed by atoms with Gasteiger partial charge in [0.1, 0.15) is 5.82 Å². The lowest BCUT2D eigenvalue weighted by Crippen LogP contribution is -2.24. The zero-order valence-electron chi connectivity index (χ0n) is 10.00. The maximum absolute atomic E-state index is 13.1. The molecule has 0 radical (unpaired) electrons. The molecule has 90 valence electrons. The molecule has 3 nitrogen and oxygen atoms in total. The maximum Gasteiger partial charge on any atom is 0.125 e. The molecule has 0 saturated carbocycles. The average molecular weight is 226 g/mol. The van der Waals surface area contributed by atoms with E-state index in [1.54, 1.807) is 6.07 Å². The van der Waals surface area contributed by atoms with Crippen molar-refractivity contribution in [3.05, 3.63) is 29.6 Å². The molecular formula is C12H19FN2O. The van der Waals surface area contributed by atoms with Gasteiger partial charge in [-0.3, -0.25) is 0 Å². The van der Waals surface area contributed by atoms with Gasteiger partial charge in [-0.15, -0.1) is 0 Å². The number of aliphatic hydroxyl groups excluding tert-OH is 1. The molecule has 0 aromatic heterocycles. The van der Waals surface area contributed by atoms with E-state index < -0.39 is 0 Å². The molecule has 16 heavy (non-hydrogen) atoms. The molecule has 0 saturated heterocycles. The summed E-state index contributed by atoms with van der Waals surface area (Å²) < 4.78 is 13.1. The van der Waals surface area contributed by atoms with Gasteiger partial charge in [0.25, 0.3) is 0 Å². The van der Waals surface area contributed by atoms with Gasteiger partial charge < -0.3 is 15.3 Å². The van der Waals surface area contributed by atoms with Crippen molar-refractivity contribution in [1.82, 2.24) is 5.32 Å². The molecule has 1 aromatic rings. The fraction of sp³-hybridized carbons (Fsp3) is 0.500. The molecule has 0 amide bonds. The third kappa shape index (κ3) is 3.18. The highest BCUT2D eigenvalue weighted by molar-refractivity contribution is 5.54. The summed E-state index contributed by atoms with van der Waals surface area (Å²) in [6, 6.07) is 4.84. The van der Waals surface area contributed by atoms with Crippen LogP contribution in [0.4, 0.5) is 10.1 Å². The number of halogens is 1. The van der Waals surface area contributed by atoms with Gasteiger partial charge in [0.2, 0.25) is 0 Å². The molecule has 2 N–H and O–H groups in total. The number of aliphatic hydroxyl groups is 1. The second-order valence-corrected chi connectivity index (χ2v) is 4.00. The Labute approximate surface area is 95.9 Å². The van der Waals surface area contributed by atoms with Crippen LogP contribution in [0.25, 0.3) is 0 Å². The monoisotopic (exact) mass is 226 g/mol. The van der Waals surface area contributed by atoms with Crippen LogP contribution in [0.1, 0.15) is 18.5 Å². The first-order valence-electron chi connectivity index (χ1n) is 5.37.